The molecule has 0 saturated carbocycles. The van der Waals surface area contributed by atoms with Crippen LogP contribution in [0.5, 0.6) is 5.75 Å². The van der Waals surface area contributed by atoms with Crippen molar-refractivity contribution in [2.45, 2.75) is 6.92 Å². The van der Waals surface area contributed by atoms with Crippen LogP contribution in [0.4, 0.5) is 11.4 Å². The third-order valence-electron chi connectivity index (χ3n) is 4.32. The molecule has 0 aliphatic heterocycles. The second-order valence-corrected chi connectivity index (χ2v) is 7.74. The number of carbonyl (C=O) groups excluding carboxylic acids is 2. The SMILES string of the molecule is Cc1cccc(NC(=O)/C(C#N)=C/c2ccc(OCC(=O)Nc3ccccc3)c(Br)c2)c1. The summed E-state index contributed by atoms with van der Waals surface area (Å²) >= 11 is 3.41. The zero-order valence-corrected chi connectivity index (χ0v) is 18.8. The maximum Gasteiger partial charge on any atom is 0.266 e. The fourth-order valence-electron chi connectivity index (χ4n) is 2.82. The Hall–Kier alpha value is -3.89. The van der Waals surface area contributed by atoms with Gasteiger partial charge in [0.25, 0.3) is 11.8 Å². The lowest BCUT2D eigenvalue weighted by atomic mass is 10.1. The van der Waals surface area contributed by atoms with E-state index in [0.29, 0.717) is 27.2 Å². The van der Waals surface area contributed by atoms with Crippen molar-refractivity contribution in [1.29, 1.82) is 5.26 Å². The van der Waals surface area contributed by atoms with E-state index in [9.17, 15) is 14.9 Å². The second kappa shape index (κ2) is 10.9. The highest BCUT2D eigenvalue weighted by atomic mass is 79.9. The third kappa shape index (κ3) is 6.56. The van der Waals surface area contributed by atoms with Gasteiger partial charge in [0, 0.05) is 11.4 Å². The van der Waals surface area contributed by atoms with Gasteiger partial charge < -0.3 is 15.4 Å². The van der Waals surface area contributed by atoms with Crippen LogP contribution in [0.1, 0.15) is 11.1 Å². The predicted molar refractivity (Wildman–Crippen MR) is 128 cm³/mol. The number of carbonyl (C=O) groups is 2. The number of hydrogen-bond donors (Lipinski definition) is 2. The lowest BCUT2D eigenvalue weighted by molar-refractivity contribution is -0.118. The van der Waals surface area contributed by atoms with E-state index in [-0.39, 0.29) is 18.1 Å². The zero-order valence-electron chi connectivity index (χ0n) is 17.3. The molecular formula is C25H20BrN3O3. The van der Waals surface area contributed by atoms with Gasteiger partial charge in [-0.05, 0) is 76.5 Å². The number of nitrogens with one attached hydrogen (secondary N) is 2. The lowest BCUT2D eigenvalue weighted by Crippen LogP contribution is -2.20. The van der Waals surface area contributed by atoms with Crippen LogP contribution < -0.4 is 15.4 Å². The summed E-state index contributed by atoms with van der Waals surface area (Å²) < 4.78 is 6.16. The Labute approximate surface area is 194 Å². The fourth-order valence-corrected chi connectivity index (χ4v) is 3.33. The van der Waals surface area contributed by atoms with Crippen molar-refractivity contribution in [3.63, 3.8) is 0 Å². The molecule has 0 aromatic heterocycles. The van der Waals surface area contributed by atoms with Crippen molar-refractivity contribution in [2.24, 2.45) is 0 Å². The van der Waals surface area contributed by atoms with Crippen LogP contribution in [0.25, 0.3) is 6.08 Å². The average Bonchev–Trinajstić information content (AvgIpc) is 2.77. The van der Waals surface area contributed by atoms with Crippen molar-refractivity contribution in [3.05, 3.63) is 94.0 Å². The highest BCUT2D eigenvalue weighted by molar-refractivity contribution is 9.10. The molecule has 160 valence electrons. The zero-order chi connectivity index (χ0) is 22.9. The summed E-state index contributed by atoms with van der Waals surface area (Å²) in [6.45, 7) is 1.76. The summed E-state index contributed by atoms with van der Waals surface area (Å²) in [4.78, 5) is 24.5. The topological polar surface area (TPSA) is 91.2 Å². The van der Waals surface area contributed by atoms with Gasteiger partial charge in [-0.2, -0.15) is 5.26 Å². The molecule has 0 unspecified atom stereocenters. The van der Waals surface area contributed by atoms with Crippen LogP contribution in [-0.4, -0.2) is 18.4 Å². The normalized spacial score (nSPS) is 10.7. The van der Waals surface area contributed by atoms with Crippen LogP contribution in [0.15, 0.2) is 82.8 Å². The maximum absolute atomic E-state index is 12.5. The van der Waals surface area contributed by atoms with Crippen molar-refractivity contribution in [1.82, 2.24) is 0 Å². The molecule has 0 radical (unpaired) electrons. The number of ether oxygens (including phenoxy) is 1. The first-order valence-electron chi connectivity index (χ1n) is 9.71. The Morgan fingerprint density at radius 3 is 2.44 bits per heavy atom. The monoisotopic (exact) mass is 489 g/mol. The average molecular weight is 490 g/mol. The van der Waals surface area contributed by atoms with Crippen LogP contribution >= 0.6 is 15.9 Å². The van der Waals surface area contributed by atoms with E-state index < -0.39 is 5.91 Å². The first-order valence-corrected chi connectivity index (χ1v) is 10.5. The van der Waals surface area contributed by atoms with Crippen molar-refractivity contribution in [2.75, 3.05) is 17.2 Å². The van der Waals surface area contributed by atoms with Crippen LogP contribution in [-0.2, 0) is 9.59 Å². The molecule has 6 nitrogen and oxygen atoms in total. The molecule has 2 N–H and O–H groups in total. The molecule has 7 heteroatoms. The van der Waals surface area contributed by atoms with Gasteiger partial charge in [0.15, 0.2) is 6.61 Å². The standard InChI is InChI=1S/C25H20BrN3O3/c1-17-6-5-9-21(12-17)29-25(31)19(15-27)13-18-10-11-23(22(26)14-18)32-16-24(30)28-20-7-3-2-4-8-20/h2-14H,16H2,1H3,(H,28,30)(H,29,31)/b19-13+. The number of rotatable bonds is 7. The molecule has 0 heterocycles. The Balaban J connectivity index is 1.64. The van der Waals surface area contributed by atoms with Crippen molar-refractivity contribution < 1.29 is 14.3 Å². The number of amides is 2. The fraction of sp³-hybridized carbons (Fsp3) is 0.0800. The highest BCUT2D eigenvalue weighted by Gasteiger charge is 2.11. The second-order valence-electron chi connectivity index (χ2n) is 6.89. The Morgan fingerprint density at radius 1 is 1.00 bits per heavy atom. The van der Waals surface area contributed by atoms with Gasteiger partial charge in [0.1, 0.15) is 17.4 Å². The number of benzene rings is 3. The largest absolute Gasteiger partial charge is 0.483 e. The van der Waals surface area contributed by atoms with Gasteiger partial charge in [0.2, 0.25) is 0 Å². The molecule has 0 spiro atoms. The minimum atomic E-state index is -0.493. The van der Waals surface area contributed by atoms with E-state index in [1.165, 1.54) is 6.08 Å². The number of anilines is 2. The molecule has 0 fully saturated rings. The summed E-state index contributed by atoms with van der Waals surface area (Å²) in [7, 11) is 0. The van der Waals surface area contributed by atoms with Gasteiger partial charge in [0.05, 0.1) is 4.47 Å². The van der Waals surface area contributed by atoms with E-state index in [4.69, 9.17) is 4.74 Å². The molecule has 0 atom stereocenters. The maximum atomic E-state index is 12.5. The molecule has 0 bridgehead atoms. The van der Waals surface area contributed by atoms with Gasteiger partial charge >= 0.3 is 0 Å². The van der Waals surface area contributed by atoms with E-state index in [1.807, 2.05) is 49.4 Å². The van der Waals surface area contributed by atoms with Gasteiger partial charge in [-0.25, -0.2) is 0 Å². The number of aryl methyl sites for hydroxylation is 1. The quantitative estimate of drug-likeness (QED) is 0.347. The summed E-state index contributed by atoms with van der Waals surface area (Å²) in [5, 5.41) is 14.9. The number of halogens is 1. The van der Waals surface area contributed by atoms with Crippen LogP contribution in [0.3, 0.4) is 0 Å². The summed E-state index contributed by atoms with van der Waals surface area (Å²) in [5.41, 5.74) is 2.91. The minimum Gasteiger partial charge on any atom is -0.483 e. The molecule has 3 aromatic carbocycles. The number of nitriles is 1. The van der Waals surface area contributed by atoms with Crippen molar-refractivity contribution in [3.8, 4) is 11.8 Å². The lowest BCUT2D eigenvalue weighted by Gasteiger charge is -2.10. The molecule has 3 rings (SSSR count). The Bertz CT molecular complexity index is 1200. The van der Waals surface area contributed by atoms with E-state index >= 15 is 0 Å². The molecule has 32 heavy (non-hydrogen) atoms. The molecule has 2 amide bonds. The molecule has 0 saturated heterocycles. The van der Waals surface area contributed by atoms with Gasteiger partial charge in [-0.15, -0.1) is 0 Å². The Morgan fingerprint density at radius 2 is 1.75 bits per heavy atom. The van der Waals surface area contributed by atoms with Crippen LogP contribution in [0.2, 0.25) is 0 Å². The molecule has 0 aliphatic carbocycles. The number of nitrogens with zero attached hydrogens (tertiary/aromatic N) is 1. The van der Waals surface area contributed by atoms with E-state index in [2.05, 4.69) is 26.6 Å². The first-order chi connectivity index (χ1) is 15.4. The minimum absolute atomic E-state index is 0.0330. The van der Waals surface area contributed by atoms with Crippen molar-refractivity contribution >= 4 is 45.2 Å². The number of hydrogen-bond acceptors (Lipinski definition) is 4. The van der Waals surface area contributed by atoms with E-state index in [0.717, 1.165) is 5.56 Å². The Kier molecular flexibility index (Phi) is 7.79. The smallest absolute Gasteiger partial charge is 0.266 e. The van der Waals surface area contributed by atoms with Gasteiger partial charge in [-0.1, -0.05) is 36.4 Å². The summed E-state index contributed by atoms with van der Waals surface area (Å²) in [6.07, 6.45) is 1.49. The first kappa shape index (κ1) is 22.8. The summed E-state index contributed by atoms with van der Waals surface area (Å²) in [5.74, 6) is -0.313. The van der Waals surface area contributed by atoms with E-state index in [1.54, 1.807) is 36.4 Å². The van der Waals surface area contributed by atoms with Crippen LogP contribution in [0, 0.1) is 18.3 Å². The number of para-hydroxylation sites is 1. The molecule has 0 aliphatic rings. The highest BCUT2D eigenvalue weighted by Crippen LogP contribution is 2.27. The molecule has 3 aromatic rings. The summed E-state index contributed by atoms with van der Waals surface area (Å²) in [6, 6.07) is 23.4. The molecular weight excluding hydrogens is 470 g/mol. The van der Waals surface area contributed by atoms with Gasteiger partial charge in [-0.3, -0.25) is 9.59 Å². The third-order valence-corrected chi connectivity index (χ3v) is 4.94. The predicted octanol–water partition coefficient (Wildman–Crippen LogP) is 5.32.